The minimum Gasteiger partial charge on any atom is -0.508 e. The summed E-state index contributed by atoms with van der Waals surface area (Å²) in [6.07, 6.45) is -0.449. The zero-order valence-corrected chi connectivity index (χ0v) is 18.3. The summed E-state index contributed by atoms with van der Waals surface area (Å²) >= 11 is 0. The van der Waals surface area contributed by atoms with Crippen LogP contribution in [0.3, 0.4) is 0 Å². The highest BCUT2D eigenvalue weighted by molar-refractivity contribution is 5.96. The lowest BCUT2D eigenvalue weighted by atomic mass is 9.69. The summed E-state index contributed by atoms with van der Waals surface area (Å²) in [4.78, 5) is 20.0. The van der Waals surface area contributed by atoms with Crippen molar-refractivity contribution < 1.29 is 23.1 Å². The fourth-order valence-corrected chi connectivity index (χ4v) is 5.10. The number of alkyl halides is 3. The van der Waals surface area contributed by atoms with Crippen molar-refractivity contribution in [3.8, 4) is 5.75 Å². The number of carbonyl (C=O) groups is 1. The molecule has 0 bridgehead atoms. The van der Waals surface area contributed by atoms with Gasteiger partial charge in [0.05, 0.1) is 24.0 Å². The van der Waals surface area contributed by atoms with Crippen molar-refractivity contribution in [1.82, 2.24) is 15.2 Å². The Morgan fingerprint density at radius 3 is 2.41 bits per heavy atom. The van der Waals surface area contributed by atoms with Crippen molar-refractivity contribution in [2.75, 3.05) is 25.5 Å². The average molecular weight is 448 g/mol. The van der Waals surface area contributed by atoms with Crippen LogP contribution in [0.15, 0.2) is 36.5 Å². The Morgan fingerprint density at radius 2 is 1.84 bits per heavy atom. The summed E-state index contributed by atoms with van der Waals surface area (Å²) in [7, 11) is 4.03. The predicted octanol–water partition coefficient (Wildman–Crippen LogP) is 4.41. The highest BCUT2D eigenvalue weighted by atomic mass is 19.4. The molecular weight excluding hydrogens is 421 g/mol. The van der Waals surface area contributed by atoms with Gasteiger partial charge in [0.1, 0.15) is 11.4 Å². The second-order valence-corrected chi connectivity index (χ2v) is 9.13. The zero-order valence-electron chi connectivity index (χ0n) is 18.3. The van der Waals surface area contributed by atoms with Crippen molar-refractivity contribution in [2.24, 2.45) is 0 Å². The Bertz CT molecular complexity index is 1030. The number of phenolic OH excluding ortho intramolecular Hbond substituents is 1. The van der Waals surface area contributed by atoms with Crippen LogP contribution in [0, 0.1) is 6.92 Å². The van der Waals surface area contributed by atoms with E-state index in [-0.39, 0.29) is 17.3 Å². The Hall–Kier alpha value is -2.81. The fourth-order valence-electron chi connectivity index (χ4n) is 5.10. The molecule has 0 radical (unpaired) electrons. The number of rotatable bonds is 3. The molecule has 1 aromatic carbocycles. The Morgan fingerprint density at radius 1 is 1.16 bits per heavy atom. The Labute approximate surface area is 185 Å². The van der Waals surface area contributed by atoms with Gasteiger partial charge in [-0.05, 0) is 76.0 Å². The third kappa shape index (κ3) is 3.79. The van der Waals surface area contributed by atoms with Crippen molar-refractivity contribution >= 4 is 11.7 Å². The number of anilines is 1. The van der Waals surface area contributed by atoms with E-state index >= 15 is 0 Å². The molecule has 6 nitrogen and oxygen atoms in total. The lowest BCUT2D eigenvalue weighted by molar-refractivity contribution is -0.141. The van der Waals surface area contributed by atoms with E-state index in [0.29, 0.717) is 30.6 Å². The zero-order chi connectivity index (χ0) is 23.3. The number of hydrogen-bond donors (Lipinski definition) is 2. The third-order valence-electron chi connectivity index (χ3n) is 7.02. The van der Waals surface area contributed by atoms with E-state index in [9.17, 15) is 23.1 Å². The maximum Gasteiger partial charge on any atom is 0.433 e. The van der Waals surface area contributed by atoms with Gasteiger partial charge in [-0.2, -0.15) is 13.2 Å². The molecule has 0 unspecified atom stereocenters. The average Bonchev–Trinajstić information content (AvgIpc) is 3.03. The molecular formula is C23H27F3N4O2. The number of amides is 2. The number of halogens is 3. The maximum absolute atomic E-state index is 13.0. The number of aryl methyl sites for hydroxylation is 1. The van der Waals surface area contributed by atoms with Crippen LogP contribution < -0.4 is 10.2 Å². The standard InChI is InChI=1S/C23H27F3N4O2/c1-15-11-19(23(24,25)26)27-13-18(15)30-14-21(28-20(30)32)7-9-22(10-8-21,29(2)3)16-5-4-6-17(31)12-16/h4-6,11-13,31H,7-10,14H2,1-3H3,(H,28,32). The quantitative estimate of drug-likeness (QED) is 0.730. The Balaban J connectivity index is 1.56. The molecule has 2 aliphatic rings. The highest BCUT2D eigenvalue weighted by Gasteiger charge is 2.50. The van der Waals surface area contributed by atoms with E-state index in [1.165, 1.54) is 4.90 Å². The largest absolute Gasteiger partial charge is 0.508 e. The van der Waals surface area contributed by atoms with Crippen LogP contribution >= 0.6 is 0 Å². The molecule has 9 heteroatoms. The van der Waals surface area contributed by atoms with Gasteiger partial charge in [0.25, 0.3) is 0 Å². The minimum atomic E-state index is -4.53. The number of aromatic hydroxyl groups is 1. The first kappa shape index (κ1) is 22.4. The van der Waals surface area contributed by atoms with Gasteiger partial charge in [-0.3, -0.25) is 9.80 Å². The summed E-state index contributed by atoms with van der Waals surface area (Å²) in [5.41, 5.74) is 0.0905. The SMILES string of the molecule is Cc1cc(C(F)(F)F)ncc1N1CC2(CCC(c3cccc(O)c3)(N(C)C)CC2)NC1=O. The topological polar surface area (TPSA) is 68.7 Å². The van der Waals surface area contributed by atoms with Crippen LogP contribution in [0.4, 0.5) is 23.7 Å². The van der Waals surface area contributed by atoms with Gasteiger partial charge >= 0.3 is 12.2 Å². The second-order valence-electron chi connectivity index (χ2n) is 9.13. The molecule has 1 spiro atoms. The van der Waals surface area contributed by atoms with Crippen molar-refractivity contribution in [3.63, 3.8) is 0 Å². The number of benzene rings is 1. The van der Waals surface area contributed by atoms with Gasteiger partial charge in [0.2, 0.25) is 0 Å². The molecule has 172 valence electrons. The second kappa shape index (κ2) is 7.65. The molecule has 2 N–H and O–H groups in total. The van der Waals surface area contributed by atoms with Crippen molar-refractivity contribution in [3.05, 3.63) is 53.3 Å². The van der Waals surface area contributed by atoms with Crippen LogP contribution in [0.5, 0.6) is 5.75 Å². The molecule has 2 aromatic rings. The minimum absolute atomic E-state index is 0.217. The van der Waals surface area contributed by atoms with Gasteiger partial charge in [-0.15, -0.1) is 0 Å². The normalized spacial score (nSPS) is 26.1. The lowest BCUT2D eigenvalue weighted by Crippen LogP contribution is -2.54. The van der Waals surface area contributed by atoms with E-state index in [4.69, 9.17) is 0 Å². The summed E-state index contributed by atoms with van der Waals surface area (Å²) in [6.45, 7) is 1.94. The maximum atomic E-state index is 13.0. The molecule has 2 fully saturated rings. The molecule has 2 heterocycles. The molecule has 1 aliphatic carbocycles. The number of urea groups is 1. The molecule has 1 saturated heterocycles. The van der Waals surface area contributed by atoms with Gasteiger partial charge in [0, 0.05) is 5.54 Å². The van der Waals surface area contributed by atoms with Crippen LogP contribution in [0.2, 0.25) is 0 Å². The van der Waals surface area contributed by atoms with Gasteiger partial charge in [-0.25, -0.2) is 9.78 Å². The third-order valence-corrected chi connectivity index (χ3v) is 7.02. The Kier molecular flexibility index (Phi) is 5.35. The summed E-state index contributed by atoms with van der Waals surface area (Å²) in [6, 6.07) is 7.94. The van der Waals surface area contributed by atoms with E-state index in [1.807, 2.05) is 26.2 Å². The first-order valence-corrected chi connectivity index (χ1v) is 10.6. The van der Waals surface area contributed by atoms with Crippen LogP contribution in [-0.2, 0) is 11.7 Å². The molecule has 1 aromatic heterocycles. The first-order valence-electron chi connectivity index (χ1n) is 10.6. The fraction of sp³-hybridized carbons (Fsp3) is 0.478. The number of phenols is 1. The number of hydrogen-bond acceptors (Lipinski definition) is 4. The first-order chi connectivity index (χ1) is 15.0. The molecule has 1 aliphatic heterocycles. The number of carbonyl (C=O) groups excluding carboxylic acids is 1. The molecule has 32 heavy (non-hydrogen) atoms. The van der Waals surface area contributed by atoms with Gasteiger partial charge < -0.3 is 10.4 Å². The van der Waals surface area contributed by atoms with Gasteiger partial charge in [0.15, 0.2) is 0 Å². The summed E-state index contributed by atoms with van der Waals surface area (Å²) < 4.78 is 38.9. The van der Waals surface area contributed by atoms with Crippen LogP contribution in [0.25, 0.3) is 0 Å². The van der Waals surface area contributed by atoms with Crippen molar-refractivity contribution in [2.45, 2.75) is 49.9 Å². The molecule has 1 saturated carbocycles. The lowest BCUT2D eigenvalue weighted by Gasteiger charge is -2.48. The van der Waals surface area contributed by atoms with E-state index in [0.717, 1.165) is 30.7 Å². The molecule has 2 amide bonds. The summed E-state index contributed by atoms with van der Waals surface area (Å²) in [5.74, 6) is 0.217. The number of nitrogens with zero attached hydrogens (tertiary/aromatic N) is 3. The van der Waals surface area contributed by atoms with E-state index in [1.54, 1.807) is 19.1 Å². The van der Waals surface area contributed by atoms with Crippen molar-refractivity contribution in [1.29, 1.82) is 0 Å². The molecule has 0 atom stereocenters. The summed E-state index contributed by atoms with van der Waals surface area (Å²) in [5, 5.41) is 13.1. The monoisotopic (exact) mass is 448 g/mol. The van der Waals surface area contributed by atoms with Gasteiger partial charge in [-0.1, -0.05) is 12.1 Å². The molecule has 4 rings (SSSR count). The number of aromatic nitrogens is 1. The van der Waals surface area contributed by atoms with E-state index < -0.39 is 17.4 Å². The van der Waals surface area contributed by atoms with Crippen LogP contribution in [-0.4, -0.2) is 47.2 Å². The van der Waals surface area contributed by atoms with E-state index in [2.05, 4.69) is 15.2 Å². The predicted molar refractivity (Wildman–Crippen MR) is 115 cm³/mol. The smallest absolute Gasteiger partial charge is 0.433 e. The highest BCUT2D eigenvalue weighted by Crippen LogP contribution is 2.47. The van der Waals surface area contributed by atoms with Crippen LogP contribution in [0.1, 0.15) is 42.5 Å². The number of nitrogens with one attached hydrogen (secondary N) is 1. The number of pyridine rings is 1.